The zero-order chi connectivity index (χ0) is 14.8. The quantitative estimate of drug-likeness (QED) is 0.459. The third-order valence-electron chi connectivity index (χ3n) is 2.20. The number of anilines is 2. The van der Waals surface area contributed by atoms with Gasteiger partial charge in [0.05, 0.1) is 23.0 Å². The van der Waals surface area contributed by atoms with Crippen molar-refractivity contribution in [3.63, 3.8) is 0 Å². The van der Waals surface area contributed by atoms with Crippen molar-refractivity contribution in [3.8, 4) is 0 Å². The first-order chi connectivity index (χ1) is 9.40. The van der Waals surface area contributed by atoms with E-state index in [1.807, 2.05) is 0 Å². The van der Waals surface area contributed by atoms with Crippen LogP contribution in [0.3, 0.4) is 0 Å². The number of benzene rings is 1. The molecular weight excluding hydrogens is 288 g/mol. The van der Waals surface area contributed by atoms with E-state index in [2.05, 4.69) is 19.9 Å². The molecule has 3 N–H and O–H groups in total. The summed E-state index contributed by atoms with van der Waals surface area (Å²) in [4.78, 5) is 13.2. The standard InChI is InChI=1S/C9H8N6O4S/c10-7-5-6(15(16)17)1-2-8(7)20(18,19)14-9-11-3-4-12-13-9/h1-5H,10H2,(H,11,13,14). The first-order valence-electron chi connectivity index (χ1n) is 5.10. The predicted molar refractivity (Wildman–Crippen MR) is 68.1 cm³/mol. The lowest BCUT2D eigenvalue weighted by molar-refractivity contribution is -0.384. The van der Waals surface area contributed by atoms with Crippen LogP contribution in [0.5, 0.6) is 0 Å². The summed E-state index contributed by atoms with van der Waals surface area (Å²) < 4.78 is 26.1. The Morgan fingerprint density at radius 1 is 1.30 bits per heavy atom. The summed E-state index contributed by atoms with van der Waals surface area (Å²) >= 11 is 0. The van der Waals surface area contributed by atoms with Crippen molar-refractivity contribution in [1.82, 2.24) is 15.2 Å². The van der Waals surface area contributed by atoms with Gasteiger partial charge in [-0.2, -0.15) is 5.10 Å². The first-order valence-corrected chi connectivity index (χ1v) is 6.59. The lowest BCUT2D eigenvalue weighted by atomic mass is 10.3. The zero-order valence-electron chi connectivity index (χ0n) is 9.79. The summed E-state index contributed by atoms with van der Waals surface area (Å²) in [6, 6.07) is 3.03. The van der Waals surface area contributed by atoms with Gasteiger partial charge in [0.2, 0.25) is 0 Å². The number of nitro benzene ring substituents is 1. The highest BCUT2D eigenvalue weighted by atomic mass is 32.2. The molecule has 11 heteroatoms. The Morgan fingerprint density at radius 3 is 2.60 bits per heavy atom. The van der Waals surface area contributed by atoms with E-state index in [1.165, 1.54) is 12.4 Å². The minimum absolute atomic E-state index is 0.231. The Labute approximate surface area is 112 Å². The Balaban J connectivity index is 2.37. The maximum atomic E-state index is 12.0. The van der Waals surface area contributed by atoms with Crippen LogP contribution in [0, 0.1) is 10.1 Å². The molecular formula is C9H8N6O4S. The smallest absolute Gasteiger partial charge is 0.271 e. The van der Waals surface area contributed by atoms with Gasteiger partial charge in [-0.1, -0.05) is 0 Å². The lowest BCUT2D eigenvalue weighted by Crippen LogP contribution is -2.16. The van der Waals surface area contributed by atoms with Crippen molar-refractivity contribution in [2.24, 2.45) is 0 Å². The average molecular weight is 296 g/mol. The molecule has 0 aliphatic rings. The van der Waals surface area contributed by atoms with Crippen LogP contribution in [-0.4, -0.2) is 28.5 Å². The lowest BCUT2D eigenvalue weighted by Gasteiger charge is -2.07. The molecule has 0 atom stereocenters. The molecule has 20 heavy (non-hydrogen) atoms. The Morgan fingerprint density at radius 2 is 2.05 bits per heavy atom. The van der Waals surface area contributed by atoms with Crippen molar-refractivity contribution in [1.29, 1.82) is 0 Å². The molecule has 0 spiro atoms. The Kier molecular flexibility index (Phi) is 3.43. The fourth-order valence-electron chi connectivity index (χ4n) is 1.36. The van der Waals surface area contributed by atoms with Crippen LogP contribution in [0.2, 0.25) is 0 Å². The molecule has 0 aliphatic heterocycles. The molecule has 0 amide bonds. The number of non-ortho nitro benzene ring substituents is 1. The van der Waals surface area contributed by atoms with Crippen LogP contribution < -0.4 is 10.5 Å². The number of nitrogens with two attached hydrogens (primary N) is 1. The summed E-state index contributed by atoms with van der Waals surface area (Å²) in [5.41, 5.74) is 4.96. The van der Waals surface area contributed by atoms with Gasteiger partial charge < -0.3 is 5.73 Å². The molecule has 0 unspecified atom stereocenters. The molecule has 104 valence electrons. The van der Waals surface area contributed by atoms with E-state index >= 15 is 0 Å². The van der Waals surface area contributed by atoms with Gasteiger partial charge in [0.15, 0.2) is 0 Å². The summed E-state index contributed by atoms with van der Waals surface area (Å²) in [7, 11) is -4.05. The normalized spacial score (nSPS) is 11.0. The SMILES string of the molecule is Nc1cc([N+](=O)[O-])ccc1S(=O)(=O)Nc1nccnn1. The summed E-state index contributed by atoms with van der Waals surface area (Å²) in [6.45, 7) is 0. The van der Waals surface area contributed by atoms with E-state index in [9.17, 15) is 18.5 Å². The van der Waals surface area contributed by atoms with E-state index < -0.39 is 14.9 Å². The van der Waals surface area contributed by atoms with E-state index in [0.717, 1.165) is 18.2 Å². The molecule has 2 aromatic rings. The molecule has 10 nitrogen and oxygen atoms in total. The van der Waals surface area contributed by atoms with Gasteiger partial charge >= 0.3 is 0 Å². The van der Waals surface area contributed by atoms with Crippen molar-refractivity contribution in [3.05, 3.63) is 40.7 Å². The number of sulfonamides is 1. The fraction of sp³-hybridized carbons (Fsp3) is 0. The molecule has 0 saturated heterocycles. The molecule has 2 rings (SSSR count). The van der Waals surface area contributed by atoms with Gasteiger partial charge in [0, 0.05) is 12.1 Å². The second-order valence-corrected chi connectivity index (χ2v) is 5.20. The molecule has 0 fully saturated rings. The third kappa shape index (κ3) is 2.77. The second kappa shape index (κ2) is 5.05. The molecule has 0 saturated carbocycles. The number of aromatic nitrogens is 3. The van der Waals surface area contributed by atoms with Crippen LogP contribution in [0.4, 0.5) is 17.3 Å². The Hall–Kier alpha value is -2.82. The summed E-state index contributed by atoms with van der Waals surface area (Å²) in [6.07, 6.45) is 2.53. The first kappa shape index (κ1) is 13.6. The number of nitrogens with zero attached hydrogens (tertiary/aromatic N) is 4. The molecule has 1 aromatic carbocycles. The zero-order valence-corrected chi connectivity index (χ0v) is 10.6. The Bertz CT molecular complexity index is 748. The van der Waals surface area contributed by atoms with Crippen LogP contribution in [0.1, 0.15) is 0 Å². The van der Waals surface area contributed by atoms with Crippen LogP contribution in [-0.2, 0) is 10.0 Å². The number of hydrogen-bond acceptors (Lipinski definition) is 8. The molecule has 0 aliphatic carbocycles. The van der Waals surface area contributed by atoms with Crippen molar-refractivity contribution < 1.29 is 13.3 Å². The van der Waals surface area contributed by atoms with Crippen LogP contribution in [0.25, 0.3) is 0 Å². The van der Waals surface area contributed by atoms with Crippen LogP contribution >= 0.6 is 0 Å². The van der Waals surface area contributed by atoms with E-state index in [0.29, 0.717) is 0 Å². The van der Waals surface area contributed by atoms with Gasteiger partial charge in [-0.25, -0.2) is 18.1 Å². The fourth-order valence-corrected chi connectivity index (χ4v) is 2.42. The number of nitrogens with one attached hydrogen (secondary N) is 1. The number of rotatable bonds is 4. The minimum atomic E-state index is -4.05. The third-order valence-corrected chi connectivity index (χ3v) is 3.60. The number of nitrogen functional groups attached to an aromatic ring is 1. The van der Waals surface area contributed by atoms with Gasteiger partial charge in [-0.05, 0) is 6.07 Å². The highest BCUT2D eigenvalue weighted by molar-refractivity contribution is 7.92. The van der Waals surface area contributed by atoms with E-state index in [1.54, 1.807) is 0 Å². The van der Waals surface area contributed by atoms with Gasteiger partial charge in [0.25, 0.3) is 21.7 Å². The van der Waals surface area contributed by atoms with Gasteiger partial charge in [0.1, 0.15) is 4.90 Å². The van der Waals surface area contributed by atoms with Crippen molar-refractivity contribution >= 4 is 27.3 Å². The number of hydrogen-bond donors (Lipinski definition) is 2. The van der Waals surface area contributed by atoms with Gasteiger partial charge in [-0.15, -0.1) is 5.10 Å². The maximum absolute atomic E-state index is 12.0. The highest BCUT2D eigenvalue weighted by Crippen LogP contribution is 2.24. The minimum Gasteiger partial charge on any atom is -0.397 e. The topological polar surface area (TPSA) is 154 Å². The monoisotopic (exact) mass is 296 g/mol. The summed E-state index contributed by atoms with van der Waals surface area (Å²) in [5.74, 6) is -0.231. The largest absolute Gasteiger partial charge is 0.397 e. The maximum Gasteiger partial charge on any atom is 0.271 e. The van der Waals surface area contributed by atoms with Gasteiger partial charge in [-0.3, -0.25) is 10.1 Å². The van der Waals surface area contributed by atoms with Crippen molar-refractivity contribution in [2.45, 2.75) is 4.90 Å². The predicted octanol–water partition coefficient (Wildman–Crippen LogP) is 0.163. The summed E-state index contributed by atoms with van der Waals surface area (Å²) in [5, 5.41) is 17.5. The van der Waals surface area contributed by atoms with Crippen LogP contribution in [0.15, 0.2) is 35.5 Å². The second-order valence-electron chi connectivity index (χ2n) is 3.55. The van der Waals surface area contributed by atoms with Crippen molar-refractivity contribution in [2.75, 3.05) is 10.5 Å². The molecule has 0 radical (unpaired) electrons. The average Bonchev–Trinajstić information content (AvgIpc) is 2.38. The number of nitro groups is 1. The van der Waals surface area contributed by atoms with E-state index in [-0.39, 0.29) is 22.2 Å². The molecule has 1 heterocycles. The molecule has 1 aromatic heterocycles. The van der Waals surface area contributed by atoms with E-state index in [4.69, 9.17) is 5.73 Å². The highest BCUT2D eigenvalue weighted by Gasteiger charge is 2.21. The molecule has 0 bridgehead atoms.